The molecule has 49 heavy (non-hydrogen) atoms. The van der Waals surface area contributed by atoms with Gasteiger partial charge in [0.15, 0.2) is 18.9 Å². The van der Waals surface area contributed by atoms with Crippen LogP contribution in [0.3, 0.4) is 0 Å². The highest BCUT2D eigenvalue weighted by molar-refractivity contribution is 5.86. The van der Waals surface area contributed by atoms with E-state index >= 15 is 0 Å². The Morgan fingerprint density at radius 3 is 1.96 bits per heavy atom. The summed E-state index contributed by atoms with van der Waals surface area (Å²) < 4.78 is 35.4. The SMILES string of the molecule is NC[C@@H]1C[C@@H](O)[C@@H](N)[C@@H](O[C@H]2[C@H](O[C@@H]3O[C@H](CO)[C@@H](O[C@H]4O[C@@H](CN)[C@@H](O)[C@H](O)[C@H]4N)[C@H]3O)[C@@H](O)[C@H](NC(=O)C3(O)CC(N)C3)C[C@@H]2N)O1. The van der Waals surface area contributed by atoms with Crippen LogP contribution in [0.2, 0.25) is 0 Å². The third-order valence-electron chi connectivity index (χ3n) is 10.1. The van der Waals surface area contributed by atoms with Crippen LogP contribution in [0.1, 0.15) is 25.7 Å². The van der Waals surface area contributed by atoms with E-state index in [1.54, 1.807) is 0 Å². The van der Waals surface area contributed by atoms with Crippen molar-refractivity contribution in [2.24, 2.45) is 34.4 Å². The fraction of sp³-hybridized carbons (Fsp3) is 0.964. The second-order valence-corrected chi connectivity index (χ2v) is 13.8. The molecule has 0 radical (unpaired) electrons. The van der Waals surface area contributed by atoms with Crippen molar-refractivity contribution in [2.45, 2.75) is 148 Å². The third kappa shape index (κ3) is 7.90. The number of hydrogen-bond acceptors (Lipinski definition) is 20. The molecule has 0 aromatic heterocycles. The van der Waals surface area contributed by atoms with Crippen molar-refractivity contribution < 1.29 is 69.0 Å². The number of rotatable bonds is 11. The zero-order chi connectivity index (χ0) is 35.9. The van der Waals surface area contributed by atoms with Crippen LogP contribution in [0.25, 0.3) is 0 Å². The Bertz CT molecular complexity index is 1110. The molecule has 3 aliphatic heterocycles. The van der Waals surface area contributed by atoms with Crippen molar-refractivity contribution in [3.05, 3.63) is 0 Å². The van der Waals surface area contributed by atoms with Crippen molar-refractivity contribution >= 4 is 5.91 Å². The number of nitrogens with one attached hydrogen (secondary N) is 1. The van der Waals surface area contributed by atoms with E-state index in [2.05, 4.69) is 5.32 Å². The highest BCUT2D eigenvalue weighted by Gasteiger charge is 2.55. The lowest BCUT2D eigenvalue weighted by atomic mass is 9.75. The maximum absolute atomic E-state index is 13.0. The predicted octanol–water partition coefficient (Wildman–Crippen LogP) is -8.86. The molecule has 2 aliphatic carbocycles. The van der Waals surface area contributed by atoms with Crippen LogP contribution >= 0.6 is 0 Å². The first-order valence-electron chi connectivity index (χ1n) is 16.5. The average molecular weight is 712 g/mol. The van der Waals surface area contributed by atoms with Gasteiger partial charge in [0.25, 0.3) is 5.91 Å². The van der Waals surface area contributed by atoms with E-state index in [0.717, 1.165) is 0 Å². The Hall–Kier alpha value is -1.29. The number of hydrogen-bond donors (Lipinski definition) is 14. The first-order chi connectivity index (χ1) is 23.1. The molecule has 21 nitrogen and oxygen atoms in total. The van der Waals surface area contributed by atoms with Crippen LogP contribution in [0.15, 0.2) is 0 Å². The van der Waals surface area contributed by atoms with Gasteiger partial charge in [-0.3, -0.25) is 4.79 Å². The zero-order valence-corrected chi connectivity index (χ0v) is 26.9. The summed E-state index contributed by atoms with van der Waals surface area (Å²) >= 11 is 0. The highest BCUT2D eigenvalue weighted by Crippen LogP contribution is 2.36. The molecule has 21 heteroatoms. The molecule has 20 N–H and O–H groups in total. The van der Waals surface area contributed by atoms with Crippen molar-refractivity contribution in [3.63, 3.8) is 0 Å². The first-order valence-corrected chi connectivity index (χ1v) is 16.5. The molecule has 5 rings (SSSR count). The fourth-order valence-electron chi connectivity index (χ4n) is 7.10. The average Bonchev–Trinajstić information content (AvgIpc) is 3.35. The van der Waals surface area contributed by atoms with Gasteiger partial charge in [-0.2, -0.15) is 0 Å². The van der Waals surface area contributed by atoms with Crippen LogP contribution < -0.4 is 39.7 Å². The molecule has 284 valence electrons. The van der Waals surface area contributed by atoms with E-state index < -0.39 is 128 Å². The van der Waals surface area contributed by atoms with Crippen molar-refractivity contribution in [3.8, 4) is 0 Å². The highest BCUT2D eigenvalue weighted by atomic mass is 16.8. The number of nitrogens with two attached hydrogens (primary N) is 6. The monoisotopic (exact) mass is 711 g/mol. The third-order valence-corrected chi connectivity index (χ3v) is 10.1. The molecule has 18 atom stereocenters. The molecule has 3 heterocycles. The number of carbonyl (C=O) groups excluding carboxylic acids is 1. The van der Waals surface area contributed by atoms with E-state index in [1.165, 1.54) is 0 Å². The van der Waals surface area contributed by atoms with Gasteiger partial charge in [0.1, 0.15) is 60.5 Å². The molecule has 0 unspecified atom stereocenters. The number of carbonyl (C=O) groups is 1. The summed E-state index contributed by atoms with van der Waals surface area (Å²) in [5.41, 5.74) is 34.2. The Labute approximate surface area is 282 Å². The van der Waals surface area contributed by atoms with Crippen LogP contribution in [0.5, 0.6) is 0 Å². The fourth-order valence-corrected chi connectivity index (χ4v) is 7.10. The van der Waals surface area contributed by atoms with Gasteiger partial charge in [-0.05, 0) is 6.42 Å². The Balaban J connectivity index is 1.36. The molecule has 0 aromatic rings. The molecule has 0 aromatic carbocycles. The van der Waals surface area contributed by atoms with E-state index in [-0.39, 0.29) is 44.8 Å². The van der Waals surface area contributed by atoms with Gasteiger partial charge < -0.3 is 104 Å². The van der Waals surface area contributed by atoms with Crippen LogP contribution in [-0.2, 0) is 33.2 Å². The number of ether oxygens (including phenoxy) is 6. The van der Waals surface area contributed by atoms with Gasteiger partial charge in [-0.15, -0.1) is 0 Å². The molecule has 3 saturated heterocycles. The minimum atomic E-state index is -1.73. The lowest BCUT2D eigenvalue weighted by molar-refractivity contribution is -0.295. The van der Waals surface area contributed by atoms with Crippen molar-refractivity contribution in [1.29, 1.82) is 0 Å². The number of amides is 1. The summed E-state index contributed by atoms with van der Waals surface area (Å²) in [7, 11) is 0. The van der Waals surface area contributed by atoms with Gasteiger partial charge >= 0.3 is 0 Å². The quantitative estimate of drug-likeness (QED) is 0.0945. The minimum absolute atomic E-state index is 0.0172. The van der Waals surface area contributed by atoms with Crippen molar-refractivity contribution in [2.75, 3.05) is 19.7 Å². The lowest BCUT2D eigenvalue weighted by Gasteiger charge is -2.48. The molecular weight excluding hydrogens is 658 g/mol. The largest absolute Gasteiger partial charge is 0.394 e. The molecule has 5 aliphatic rings. The Morgan fingerprint density at radius 2 is 1.35 bits per heavy atom. The smallest absolute Gasteiger partial charge is 0.252 e. The second kappa shape index (κ2) is 15.8. The normalized spacial score (nSPS) is 52.1. The summed E-state index contributed by atoms with van der Waals surface area (Å²) in [6.45, 7) is -0.833. The maximum Gasteiger partial charge on any atom is 0.252 e. The van der Waals surface area contributed by atoms with E-state index in [9.17, 15) is 40.5 Å². The second-order valence-electron chi connectivity index (χ2n) is 13.8. The summed E-state index contributed by atoms with van der Waals surface area (Å²) in [5.74, 6) is -0.770. The van der Waals surface area contributed by atoms with Crippen molar-refractivity contribution in [1.82, 2.24) is 5.32 Å². The van der Waals surface area contributed by atoms with Crippen LogP contribution in [0, 0.1) is 0 Å². The molecule has 1 amide bonds. The molecule has 2 saturated carbocycles. The van der Waals surface area contributed by atoms with Crippen LogP contribution in [0.4, 0.5) is 0 Å². The first kappa shape index (κ1) is 38.9. The minimum Gasteiger partial charge on any atom is -0.394 e. The molecular formula is C28H53N7O14. The van der Waals surface area contributed by atoms with Crippen LogP contribution in [-0.4, -0.2) is 183 Å². The molecule has 5 fully saturated rings. The van der Waals surface area contributed by atoms with E-state index in [1.807, 2.05) is 0 Å². The predicted molar refractivity (Wildman–Crippen MR) is 163 cm³/mol. The summed E-state index contributed by atoms with van der Waals surface area (Å²) in [6, 6.07) is -4.77. The van der Waals surface area contributed by atoms with E-state index in [0.29, 0.717) is 0 Å². The summed E-state index contributed by atoms with van der Waals surface area (Å²) in [4.78, 5) is 13.0. The standard InChI is InChI=1S/C28H53N7O14/c29-5-9-1-12(37)15(33)24(44-9)47-21-10(32)2-11(35-27(42)28(43)3-8(31)4-28)17(38)23(21)49-26-20(41)22(14(7-36)46-26)48-25-16(34)19(40)18(39)13(6-30)45-25/h8-26,36-41,43H,1-7,29-34H2,(H,35,42)/t8?,9-,10-,11+,12+,13-,14+,15+,16+,17-,18+,19+,20+,21+,22+,23+,24+,25+,26-,28?/m0/s1. The van der Waals surface area contributed by atoms with Gasteiger partial charge in [-0.25, -0.2) is 0 Å². The van der Waals surface area contributed by atoms with Gasteiger partial charge in [0.05, 0.1) is 36.9 Å². The van der Waals surface area contributed by atoms with Gasteiger partial charge in [0.2, 0.25) is 0 Å². The zero-order valence-electron chi connectivity index (χ0n) is 26.9. The van der Waals surface area contributed by atoms with Gasteiger partial charge in [-0.1, -0.05) is 0 Å². The van der Waals surface area contributed by atoms with Gasteiger partial charge in [0, 0.05) is 44.4 Å². The number of aliphatic hydroxyl groups excluding tert-OH is 6. The van der Waals surface area contributed by atoms with E-state index in [4.69, 9.17) is 62.8 Å². The lowest BCUT2D eigenvalue weighted by Crippen LogP contribution is -2.69. The summed E-state index contributed by atoms with van der Waals surface area (Å²) in [6.07, 6.45) is -18.4. The maximum atomic E-state index is 13.0. The summed E-state index contributed by atoms with van der Waals surface area (Å²) in [5, 5.41) is 77.5. The Kier molecular flexibility index (Phi) is 12.5. The Morgan fingerprint density at radius 1 is 0.735 bits per heavy atom. The topological polar surface area (TPSA) is 382 Å². The molecule has 0 bridgehead atoms. The number of aliphatic hydroxyl groups is 7. The molecule has 0 spiro atoms.